The SMILES string of the molecule is Cc1ccc(OCC(=O)Nc2ccc(Br)c(C)c2)c([N+](=O)[O-])c1. The standard InChI is InChI=1S/C16H15BrN2O4/c1-10-3-6-15(14(7-10)19(21)22)23-9-16(20)18-12-4-5-13(17)11(2)8-12/h3-8H,9H2,1-2H3,(H,18,20). The summed E-state index contributed by atoms with van der Waals surface area (Å²) < 4.78 is 6.22. The summed E-state index contributed by atoms with van der Waals surface area (Å²) in [6, 6.07) is 9.99. The summed E-state index contributed by atoms with van der Waals surface area (Å²) in [6.45, 7) is 3.35. The second-order valence-electron chi connectivity index (χ2n) is 5.03. The second-order valence-corrected chi connectivity index (χ2v) is 5.88. The van der Waals surface area contributed by atoms with E-state index in [4.69, 9.17) is 4.74 Å². The van der Waals surface area contributed by atoms with E-state index in [-0.39, 0.29) is 24.0 Å². The molecule has 6 nitrogen and oxygen atoms in total. The number of nitrogens with zero attached hydrogens (tertiary/aromatic N) is 1. The Morgan fingerprint density at radius 2 is 2.00 bits per heavy atom. The fraction of sp³-hybridized carbons (Fsp3) is 0.188. The minimum atomic E-state index is -0.529. The van der Waals surface area contributed by atoms with Crippen molar-refractivity contribution in [1.29, 1.82) is 0 Å². The third-order valence-corrected chi connectivity index (χ3v) is 4.00. The highest BCUT2D eigenvalue weighted by Gasteiger charge is 2.16. The molecule has 0 bridgehead atoms. The first kappa shape index (κ1) is 17.0. The minimum absolute atomic E-state index is 0.0720. The van der Waals surface area contributed by atoms with E-state index in [1.165, 1.54) is 12.1 Å². The molecule has 23 heavy (non-hydrogen) atoms. The summed E-state index contributed by atoms with van der Waals surface area (Å²) in [4.78, 5) is 22.4. The van der Waals surface area contributed by atoms with Crippen LogP contribution in [0.5, 0.6) is 5.75 Å². The van der Waals surface area contributed by atoms with Crippen LogP contribution in [0.1, 0.15) is 11.1 Å². The van der Waals surface area contributed by atoms with Gasteiger partial charge in [0, 0.05) is 16.2 Å². The smallest absolute Gasteiger partial charge is 0.311 e. The number of anilines is 1. The number of nitro groups is 1. The van der Waals surface area contributed by atoms with E-state index in [1.807, 2.05) is 19.1 Å². The van der Waals surface area contributed by atoms with E-state index < -0.39 is 4.92 Å². The number of halogens is 1. The van der Waals surface area contributed by atoms with Crippen LogP contribution in [-0.2, 0) is 4.79 Å². The van der Waals surface area contributed by atoms with Crippen molar-refractivity contribution < 1.29 is 14.5 Å². The molecule has 0 heterocycles. The van der Waals surface area contributed by atoms with Crippen LogP contribution < -0.4 is 10.1 Å². The highest BCUT2D eigenvalue weighted by Crippen LogP contribution is 2.27. The van der Waals surface area contributed by atoms with Gasteiger partial charge in [-0.05, 0) is 49.2 Å². The van der Waals surface area contributed by atoms with Crippen molar-refractivity contribution in [2.24, 2.45) is 0 Å². The molecule has 0 radical (unpaired) electrons. The molecule has 0 aliphatic heterocycles. The molecule has 0 atom stereocenters. The summed E-state index contributed by atoms with van der Waals surface area (Å²) in [7, 11) is 0. The summed E-state index contributed by atoms with van der Waals surface area (Å²) in [5.41, 5.74) is 2.21. The van der Waals surface area contributed by atoms with Gasteiger partial charge in [-0.1, -0.05) is 22.0 Å². The number of rotatable bonds is 5. The van der Waals surface area contributed by atoms with Gasteiger partial charge in [0.15, 0.2) is 12.4 Å². The van der Waals surface area contributed by atoms with E-state index in [0.717, 1.165) is 15.6 Å². The van der Waals surface area contributed by atoms with E-state index in [9.17, 15) is 14.9 Å². The Morgan fingerprint density at radius 1 is 1.26 bits per heavy atom. The molecule has 0 unspecified atom stereocenters. The van der Waals surface area contributed by atoms with Crippen LogP contribution in [-0.4, -0.2) is 17.4 Å². The molecule has 0 spiro atoms. The molecule has 2 aromatic rings. The van der Waals surface area contributed by atoms with Crippen LogP contribution in [0.2, 0.25) is 0 Å². The predicted octanol–water partition coefficient (Wildman–Crippen LogP) is 3.99. The van der Waals surface area contributed by atoms with Crippen molar-refractivity contribution >= 4 is 33.2 Å². The first-order chi connectivity index (χ1) is 10.9. The van der Waals surface area contributed by atoms with Crippen molar-refractivity contribution in [3.8, 4) is 5.75 Å². The molecular weight excluding hydrogens is 364 g/mol. The molecule has 0 saturated carbocycles. The van der Waals surface area contributed by atoms with Gasteiger partial charge >= 0.3 is 5.69 Å². The molecule has 7 heteroatoms. The molecule has 2 rings (SSSR count). The highest BCUT2D eigenvalue weighted by molar-refractivity contribution is 9.10. The number of carbonyl (C=O) groups excluding carboxylic acids is 1. The van der Waals surface area contributed by atoms with Gasteiger partial charge in [-0.25, -0.2) is 0 Å². The van der Waals surface area contributed by atoms with Crippen LogP contribution in [0.4, 0.5) is 11.4 Å². The lowest BCUT2D eigenvalue weighted by molar-refractivity contribution is -0.385. The second kappa shape index (κ2) is 7.23. The zero-order chi connectivity index (χ0) is 17.0. The molecule has 1 N–H and O–H groups in total. The number of hydrogen-bond acceptors (Lipinski definition) is 4. The molecule has 0 aliphatic rings. The number of benzene rings is 2. The average molecular weight is 379 g/mol. The predicted molar refractivity (Wildman–Crippen MR) is 90.8 cm³/mol. The summed E-state index contributed by atoms with van der Waals surface area (Å²) >= 11 is 3.38. The summed E-state index contributed by atoms with van der Waals surface area (Å²) in [6.07, 6.45) is 0. The Kier molecular flexibility index (Phi) is 5.33. The molecule has 1 amide bonds. The molecule has 2 aromatic carbocycles. The largest absolute Gasteiger partial charge is 0.477 e. The lowest BCUT2D eigenvalue weighted by atomic mass is 10.2. The summed E-state index contributed by atoms with van der Waals surface area (Å²) in [5.74, 6) is -0.315. The van der Waals surface area contributed by atoms with Gasteiger partial charge in [-0.2, -0.15) is 0 Å². The van der Waals surface area contributed by atoms with E-state index in [0.29, 0.717) is 5.69 Å². The number of carbonyl (C=O) groups is 1. The van der Waals surface area contributed by atoms with Crippen molar-refractivity contribution in [3.63, 3.8) is 0 Å². The number of nitro benzene ring substituents is 1. The van der Waals surface area contributed by atoms with Gasteiger partial charge in [0.25, 0.3) is 5.91 Å². The molecule has 0 saturated heterocycles. The first-order valence-electron chi connectivity index (χ1n) is 6.80. The third kappa shape index (κ3) is 4.53. The molecule has 0 aliphatic carbocycles. The van der Waals surface area contributed by atoms with Gasteiger partial charge < -0.3 is 10.1 Å². The maximum absolute atomic E-state index is 11.9. The normalized spacial score (nSPS) is 10.2. The fourth-order valence-electron chi connectivity index (χ4n) is 1.95. The average Bonchev–Trinajstić information content (AvgIpc) is 2.49. The zero-order valence-electron chi connectivity index (χ0n) is 12.6. The van der Waals surface area contributed by atoms with Crippen LogP contribution >= 0.6 is 15.9 Å². The summed E-state index contributed by atoms with van der Waals surface area (Å²) in [5, 5.41) is 13.7. The van der Waals surface area contributed by atoms with Crippen molar-refractivity contribution in [2.45, 2.75) is 13.8 Å². The number of ether oxygens (including phenoxy) is 1. The number of nitrogens with one attached hydrogen (secondary N) is 1. The molecule has 120 valence electrons. The molecular formula is C16H15BrN2O4. The quantitative estimate of drug-likeness (QED) is 0.629. The Balaban J connectivity index is 2.02. The van der Waals surface area contributed by atoms with Crippen molar-refractivity contribution in [1.82, 2.24) is 0 Å². The Labute approximate surface area is 141 Å². The van der Waals surface area contributed by atoms with Crippen LogP contribution in [0.15, 0.2) is 40.9 Å². The van der Waals surface area contributed by atoms with Gasteiger partial charge in [0.2, 0.25) is 0 Å². The number of aryl methyl sites for hydroxylation is 2. The number of amides is 1. The fourth-order valence-corrected chi connectivity index (χ4v) is 2.20. The minimum Gasteiger partial charge on any atom is -0.477 e. The van der Waals surface area contributed by atoms with Crippen molar-refractivity contribution in [2.75, 3.05) is 11.9 Å². The van der Waals surface area contributed by atoms with E-state index in [2.05, 4.69) is 21.2 Å². The Morgan fingerprint density at radius 3 is 2.65 bits per heavy atom. The van der Waals surface area contributed by atoms with Gasteiger partial charge in [0.05, 0.1) is 4.92 Å². The Bertz CT molecular complexity index is 762. The monoisotopic (exact) mass is 378 g/mol. The maximum Gasteiger partial charge on any atom is 0.311 e. The van der Waals surface area contributed by atoms with Gasteiger partial charge in [-0.3, -0.25) is 14.9 Å². The van der Waals surface area contributed by atoms with Crippen LogP contribution in [0.25, 0.3) is 0 Å². The van der Waals surface area contributed by atoms with Crippen LogP contribution in [0, 0.1) is 24.0 Å². The van der Waals surface area contributed by atoms with E-state index >= 15 is 0 Å². The van der Waals surface area contributed by atoms with Crippen molar-refractivity contribution in [3.05, 3.63) is 62.1 Å². The Hall–Kier alpha value is -2.41. The number of hydrogen-bond donors (Lipinski definition) is 1. The van der Waals surface area contributed by atoms with Gasteiger partial charge in [0.1, 0.15) is 0 Å². The first-order valence-corrected chi connectivity index (χ1v) is 7.60. The van der Waals surface area contributed by atoms with Gasteiger partial charge in [-0.15, -0.1) is 0 Å². The lowest BCUT2D eigenvalue weighted by Gasteiger charge is -2.09. The molecule has 0 aromatic heterocycles. The zero-order valence-corrected chi connectivity index (χ0v) is 14.2. The highest BCUT2D eigenvalue weighted by atomic mass is 79.9. The topological polar surface area (TPSA) is 81.5 Å². The lowest BCUT2D eigenvalue weighted by Crippen LogP contribution is -2.20. The molecule has 0 fully saturated rings. The third-order valence-electron chi connectivity index (χ3n) is 3.11. The van der Waals surface area contributed by atoms with E-state index in [1.54, 1.807) is 19.1 Å². The van der Waals surface area contributed by atoms with Crippen LogP contribution in [0.3, 0.4) is 0 Å². The maximum atomic E-state index is 11.9.